The third kappa shape index (κ3) is 7.86. The number of rotatable bonds is 10. The van der Waals surface area contributed by atoms with Crippen LogP contribution in [-0.2, 0) is 0 Å². The highest BCUT2D eigenvalue weighted by atomic mass is 16.3. The van der Waals surface area contributed by atoms with Gasteiger partial charge in [0.15, 0.2) is 0 Å². The van der Waals surface area contributed by atoms with E-state index in [0.29, 0.717) is 0 Å². The molecular weight excluding hydrogens is 909 g/mol. The van der Waals surface area contributed by atoms with E-state index in [-0.39, 0.29) is 0 Å². The largest absolute Gasteiger partial charge is 0.455 e. The number of benzene rings is 12. The summed E-state index contributed by atoms with van der Waals surface area (Å²) in [6.45, 7) is 0. The Labute approximate surface area is 436 Å². The highest BCUT2D eigenvalue weighted by molar-refractivity contribution is 6.11. The Morgan fingerprint density at radius 2 is 0.693 bits per heavy atom. The topological polar surface area (TPSA) is 21.3 Å². The lowest BCUT2D eigenvalue weighted by atomic mass is 9.96. The second kappa shape index (κ2) is 18.6. The zero-order valence-electron chi connectivity index (χ0n) is 41.0. The van der Waals surface area contributed by atoms with Gasteiger partial charge in [0.25, 0.3) is 0 Å². The maximum Gasteiger partial charge on any atom is 0.143 e. The number of para-hydroxylation sites is 6. The van der Waals surface area contributed by atoms with Crippen LogP contribution in [0.25, 0.3) is 116 Å². The zero-order chi connectivity index (χ0) is 49.7. The van der Waals surface area contributed by atoms with Gasteiger partial charge in [-0.25, -0.2) is 0 Å². The van der Waals surface area contributed by atoms with Crippen LogP contribution >= 0.6 is 0 Å². The molecule has 3 heteroatoms. The van der Waals surface area contributed by atoms with Crippen molar-refractivity contribution >= 4 is 60.8 Å². The third-order valence-corrected chi connectivity index (χ3v) is 14.8. The number of aromatic nitrogens is 1. The highest BCUT2D eigenvalue weighted by Gasteiger charge is 2.20. The molecule has 3 nitrogen and oxygen atoms in total. The number of fused-ring (bicyclic) bond motifs is 6. The predicted molar refractivity (Wildman–Crippen MR) is 315 cm³/mol. The van der Waals surface area contributed by atoms with Gasteiger partial charge in [-0.05, 0) is 117 Å². The van der Waals surface area contributed by atoms with Gasteiger partial charge in [-0.1, -0.05) is 224 Å². The van der Waals surface area contributed by atoms with E-state index in [1.807, 2.05) is 12.1 Å². The molecule has 0 radical (unpaired) electrons. The highest BCUT2D eigenvalue weighted by Crippen LogP contribution is 2.44. The molecular formula is C72H48N2O. The van der Waals surface area contributed by atoms with Crippen LogP contribution in [0.2, 0.25) is 0 Å². The molecule has 0 saturated carbocycles. The molecule has 0 spiro atoms. The monoisotopic (exact) mass is 956 g/mol. The van der Waals surface area contributed by atoms with Crippen molar-refractivity contribution in [2.45, 2.75) is 0 Å². The summed E-state index contributed by atoms with van der Waals surface area (Å²) in [4.78, 5) is 2.39. The average Bonchev–Trinajstić information content (AvgIpc) is 4.07. The minimum atomic E-state index is 0.902. The molecule has 12 aromatic carbocycles. The molecule has 0 fully saturated rings. The van der Waals surface area contributed by atoms with Crippen LogP contribution in [0.5, 0.6) is 0 Å². The van der Waals surface area contributed by atoms with E-state index < -0.39 is 0 Å². The summed E-state index contributed by atoms with van der Waals surface area (Å²) in [6, 6.07) is 105. The third-order valence-electron chi connectivity index (χ3n) is 14.8. The molecule has 0 aliphatic rings. The molecule has 0 amide bonds. The number of hydrogen-bond donors (Lipinski definition) is 0. The van der Waals surface area contributed by atoms with Gasteiger partial charge in [0.2, 0.25) is 0 Å². The standard InChI is InChI=1S/C72H48N2O/c1-2-17-49(18-3-1)54-19-14-21-56(47-54)61-24-5-9-30-67(61)73(59-45-41-52(42-46-59)55-20-15-22-57(48-55)62-28-16-29-66-65-27-8-13-34-71(65)75-72(62)66)58-43-39-51(40-44-58)50-35-37-53(38-36-50)60-23-4-10-31-68(60)74-69-32-11-6-25-63(69)64-26-7-12-33-70(64)74/h1-48H. The maximum atomic E-state index is 6.46. The quantitative estimate of drug-likeness (QED) is 0.136. The van der Waals surface area contributed by atoms with Crippen LogP contribution in [0.1, 0.15) is 0 Å². The van der Waals surface area contributed by atoms with E-state index in [1.54, 1.807) is 0 Å². The van der Waals surface area contributed by atoms with Crippen molar-refractivity contribution in [1.29, 1.82) is 0 Å². The smallest absolute Gasteiger partial charge is 0.143 e. The lowest BCUT2D eigenvalue weighted by molar-refractivity contribution is 0.670. The first kappa shape index (κ1) is 43.8. The summed E-state index contributed by atoms with van der Waals surface area (Å²) in [7, 11) is 0. The SMILES string of the molecule is c1ccc(-c2cccc(-c3ccccc3N(c3ccc(-c4ccc(-c5ccccc5-n5c6ccccc6c6ccccc65)cc4)cc3)c3ccc(-c4cccc(-c5cccc6c5oc5ccccc56)c4)cc3)c2)cc1. The van der Waals surface area contributed by atoms with Crippen molar-refractivity contribution in [3.8, 4) is 72.4 Å². The van der Waals surface area contributed by atoms with Crippen molar-refractivity contribution in [3.63, 3.8) is 0 Å². The minimum Gasteiger partial charge on any atom is -0.455 e. The first-order valence-electron chi connectivity index (χ1n) is 25.6. The van der Waals surface area contributed by atoms with Gasteiger partial charge in [-0.2, -0.15) is 0 Å². The van der Waals surface area contributed by atoms with Gasteiger partial charge >= 0.3 is 0 Å². The van der Waals surface area contributed by atoms with Gasteiger partial charge in [-0.3, -0.25) is 0 Å². The Bertz CT molecular complexity index is 4340. The molecule has 75 heavy (non-hydrogen) atoms. The van der Waals surface area contributed by atoms with Gasteiger partial charge in [0.05, 0.1) is 22.4 Å². The molecule has 352 valence electrons. The van der Waals surface area contributed by atoms with Gasteiger partial charge in [0, 0.05) is 49.6 Å². The van der Waals surface area contributed by atoms with Crippen LogP contribution in [0.15, 0.2) is 296 Å². The van der Waals surface area contributed by atoms with Crippen LogP contribution in [0.3, 0.4) is 0 Å². The second-order valence-corrected chi connectivity index (χ2v) is 19.2. The maximum absolute atomic E-state index is 6.46. The van der Waals surface area contributed by atoms with E-state index in [4.69, 9.17) is 4.42 Å². The number of nitrogens with zero attached hydrogens (tertiary/aromatic N) is 2. The Morgan fingerprint density at radius 3 is 1.36 bits per heavy atom. The fourth-order valence-electron chi connectivity index (χ4n) is 11.2. The Kier molecular flexibility index (Phi) is 10.8. The predicted octanol–water partition coefficient (Wildman–Crippen LogP) is 20.2. The summed E-state index contributed by atoms with van der Waals surface area (Å²) < 4.78 is 8.87. The molecule has 2 heterocycles. The first-order chi connectivity index (χ1) is 37.2. The number of furan rings is 1. The fourth-order valence-corrected chi connectivity index (χ4v) is 11.2. The van der Waals surface area contributed by atoms with E-state index in [9.17, 15) is 0 Å². The first-order valence-corrected chi connectivity index (χ1v) is 25.6. The summed E-state index contributed by atoms with van der Waals surface area (Å²) in [5.41, 5.74) is 22.4. The molecule has 14 rings (SSSR count). The molecule has 0 bridgehead atoms. The van der Waals surface area contributed by atoms with E-state index in [0.717, 1.165) is 89.2 Å². The minimum absolute atomic E-state index is 0.902. The van der Waals surface area contributed by atoms with E-state index in [2.05, 4.69) is 289 Å². The van der Waals surface area contributed by atoms with Gasteiger partial charge in [-0.15, -0.1) is 0 Å². The molecule has 0 saturated heterocycles. The van der Waals surface area contributed by atoms with E-state index >= 15 is 0 Å². The van der Waals surface area contributed by atoms with Gasteiger partial charge in [0.1, 0.15) is 11.2 Å². The molecule has 0 aliphatic carbocycles. The zero-order valence-corrected chi connectivity index (χ0v) is 41.0. The van der Waals surface area contributed by atoms with Crippen LogP contribution in [0.4, 0.5) is 17.1 Å². The Morgan fingerprint density at radius 1 is 0.267 bits per heavy atom. The molecule has 2 aromatic heterocycles. The summed E-state index contributed by atoms with van der Waals surface area (Å²) >= 11 is 0. The summed E-state index contributed by atoms with van der Waals surface area (Å²) in [5, 5.41) is 4.78. The summed E-state index contributed by atoms with van der Waals surface area (Å²) in [5.74, 6) is 0. The summed E-state index contributed by atoms with van der Waals surface area (Å²) in [6.07, 6.45) is 0. The fraction of sp³-hybridized carbons (Fsp3) is 0. The average molecular weight is 957 g/mol. The van der Waals surface area contributed by atoms with E-state index in [1.165, 1.54) is 44.1 Å². The van der Waals surface area contributed by atoms with Gasteiger partial charge < -0.3 is 13.9 Å². The number of anilines is 3. The lowest BCUT2D eigenvalue weighted by Crippen LogP contribution is -2.11. The van der Waals surface area contributed by atoms with Crippen molar-refractivity contribution < 1.29 is 4.42 Å². The molecule has 0 N–H and O–H groups in total. The van der Waals surface area contributed by atoms with Crippen molar-refractivity contribution in [1.82, 2.24) is 4.57 Å². The second-order valence-electron chi connectivity index (χ2n) is 19.2. The lowest BCUT2D eigenvalue weighted by Gasteiger charge is -2.28. The van der Waals surface area contributed by atoms with Crippen molar-refractivity contribution in [3.05, 3.63) is 291 Å². The van der Waals surface area contributed by atoms with Crippen LogP contribution in [0, 0.1) is 0 Å². The molecule has 0 aliphatic heterocycles. The Balaban J connectivity index is 0.823. The Hall–Kier alpha value is -9.96. The van der Waals surface area contributed by atoms with Crippen LogP contribution in [-0.4, -0.2) is 4.57 Å². The number of hydrogen-bond acceptors (Lipinski definition) is 2. The van der Waals surface area contributed by atoms with Crippen molar-refractivity contribution in [2.24, 2.45) is 0 Å². The molecule has 0 unspecified atom stereocenters. The normalized spacial score (nSPS) is 11.5. The van der Waals surface area contributed by atoms with Crippen LogP contribution < -0.4 is 4.90 Å². The molecule has 0 atom stereocenters. The molecule has 14 aromatic rings. The van der Waals surface area contributed by atoms with Crippen molar-refractivity contribution in [2.75, 3.05) is 4.90 Å².